The lowest BCUT2D eigenvalue weighted by atomic mass is 10.2. The number of nitrogens with zero attached hydrogens (tertiary/aromatic N) is 1. The van der Waals surface area contributed by atoms with Crippen molar-refractivity contribution in [1.29, 1.82) is 0 Å². The predicted molar refractivity (Wildman–Crippen MR) is 82.7 cm³/mol. The largest absolute Gasteiger partial charge is 0.497 e. The molecule has 0 saturated heterocycles. The summed E-state index contributed by atoms with van der Waals surface area (Å²) < 4.78 is 12.0. The third-order valence-electron chi connectivity index (χ3n) is 2.82. The highest BCUT2D eigenvalue weighted by Gasteiger charge is 2.11. The number of ether oxygens (including phenoxy) is 1. The summed E-state index contributed by atoms with van der Waals surface area (Å²) in [6, 6.07) is 5.76. The first kappa shape index (κ1) is 15.1. The van der Waals surface area contributed by atoms with Crippen molar-refractivity contribution < 1.29 is 9.15 Å². The van der Waals surface area contributed by atoms with Crippen molar-refractivity contribution in [2.75, 3.05) is 13.7 Å². The lowest BCUT2D eigenvalue weighted by Gasteiger charge is -2.05. The SMILES string of the molecule is COc1ccc(Br)c(-c2cnc(CNCC(C)C)o2)c1. The zero-order valence-electron chi connectivity index (χ0n) is 11.9. The minimum Gasteiger partial charge on any atom is -0.497 e. The Balaban J connectivity index is 2.12. The molecule has 0 fully saturated rings. The predicted octanol–water partition coefficient (Wildman–Crippen LogP) is 3.86. The Bertz CT molecular complexity index is 567. The van der Waals surface area contributed by atoms with Crippen molar-refractivity contribution in [3.8, 4) is 17.1 Å². The lowest BCUT2D eigenvalue weighted by Crippen LogP contribution is -2.18. The van der Waals surface area contributed by atoms with Gasteiger partial charge in [-0.05, 0) is 30.7 Å². The third kappa shape index (κ3) is 3.84. The van der Waals surface area contributed by atoms with Crippen molar-refractivity contribution >= 4 is 15.9 Å². The maximum absolute atomic E-state index is 5.77. The van der Waals surface area contributed by atoms with E-state index in [1.165, 1.54) is 0 Å². The standard InChI is InChI=1S/C15H19BrN2O2/c1-10(2)7-17-9-15-18-8-14(20-15)12-6-11(19-3)4-5-13(12)16/h4-6,8,10,17H,7,9H2,1-3H3. The van der Waals surface area contributed by atoms with E-state index in [9.17, 15) is 0 Å². The highest BCUT2D eigenvalue weighted by atomic mass is 79.9. The first-order valence-corrected chi connectivity index (χ1v) is 7.38. The molecule has 5 heteroatoms. The molecule has 0 spiro atoms. The van der Waals surface area contributed by atoms with Gasteiger partial charge in [-0.15, -0.1) is 0 Å². The molecule has 0 radical (unpaired) electrons. The van der Waals surface area contributed by atoms with Crippen LogP contribution in [0.3, 0.4) is 0 Å². The van der Waals surface area contributed by atoms with Crippen LogP contribution in [0.25, 0.3) is 11.3 Å². The van der Waals surface area contributed by atoms with E-state index in [1.807, 2.05) is 18.2 Å². The van der Waals surface area contributed by atoms with Gasteiger partial charge in [0.05, 0.1) is 19.9 Å². The van der Waals surface area contributed by atoms with Crippen LogP contribution in [0.5, 0.6) is 5.75 Å². The van der Waals surface area contributed by atoms with Gasteiger partial charge >= 0.3 is 0 Å². The van der Waals surface area contributed by atoms with Gasteiger partial charge in [0.1, 0.15) is 5.75 Å². The van der Waals surface area contributed by atoms with Crippen molar-refractivity contribution in [3.05, 3.63) is 34.8 Å². The molecule has 1 aromatic heterocycles. The maximum atomic E-state index is 5.77. The number of halogens is 1. The van der Waals surface area contributed by atoms with E-state index >= 15 is 0 Å². The van der Waals surface area contributed by atoms with Gasteiger partial charge in [-0.25, -0.2) is 4.98 Å². The smallest absolute Gasteiger partial charge is 0.208 e. The maximum Gasteiger partial charge on any atom is 0.208 e. The van der Waals surface area contributed by atoms with Crippen LogP contribution in [0.15, 0.2) is 33.3 Å². The van der Waals surface area contributed by atoms with E-state index in [1.54, 1.807) is 13.3 Å². The van der Waals surface area contributed by atoms with Crippen LogP contribution in [0, 0.1) is 5.92 Å². The highest BCUT2D eigenvalue weighted by molar-refractivity contribution is 9.10. The molecular weight excluding hydrogens is 320 g/mol. The van der Waals surface area contributed by atoms with E-state index in [0.29, 0.717) is 18.4 Å². The third-order valence-corrected chi connectivity index (χ3v) is 3.51. The van der Waals surface area contributed by atoms with Crippen LogP contribution >= 0.6 is 15.9 Å². The number of benzene rings is 1. The van der Waals surface area contributed by atoms with E-state index in [0.717, 1.165) is 28.1 Å². The number of nitrogens with one attached hydrogen (secondary N) is 1. The second-order valence-corrected chi connectivity index (χ2v) is 5.84. The minimum atomic E-state index is 0.608. The first-order valence-electron chi connectivity index (χ1n) is 6.59. The molecule has 108 valence electrons. The summed E-state index contributed by atoms with van der Waals surface area (Å²) in [6.07, 6.45) is 1.74. The van der Waals surface area contributed by atoms with E-state index in [4.69, 9.17) is 9.15 Å². The summed E-state index contributed by atoms with van der Waals surface area (Å²) in [4.78, 5) is 4.30. The number of hydrogen-bond donors (Lipinski definition) is 1. The second kappa shape index (κ2) is 6.90. The van der Waals surface area contributed by atoms with Gasteiger partial charge < -0.3 is 14.5 Å². The average Bonchev–Trinajstić information content (AvgIpc) is 2.87. The normalized spacial score (nSPS) is 11.1. The van der Waals surface area contributed by atoms with Crippen LogP contribution in [-0.2, 0) is 6.54 Å². The molecule has 0 bridgehead atoms. The van der Waals surface area contributed by atoms with Crippen molar-refractivity contribution in [1.82, 2.24) is 10.3 Å². The molecule has 2 rings (SSSR count). The Morgan fingerprint density at radius 1 is 1.40 bits per heavy atom. The zero-order valence-corrected chi connectivity index (χ0v) is 13.5. The molecule has 1 heterocycles. The summed E-state index contributed by atoms with van der Waals surface area (Å²) in [7, 11) is 1.65. The molecule has 0 aliphatic carbocycles. The fourth-order valence-electron chi connectivity index (χ4n) is 1.80. The number of methoxy groups -OCH3 is 1. The summed E-state index contributed by atoms with van der Waals surface area (Å²) in [5.41, 5.74) is 0.937. The number of aromatic nitrogens is 1. The van der Waals surface area contributed by atoms with E-state index < -0.39 is 0 Å². The molecule has 0 saturated carbocycles. The molecule has 0 aliphatic rings. The number of rotatable bonds is 6. The molecule has 4 nitrogen and oxygen atoms in total. The Hall–Kier alpha value is -1.33. The fourth-order valence-corrected chi connectivity index (χ4v) is 2.25. The van der Waals surface area contributed by atoms with Crippen LogP contribution in [0.1, 0.15) is 19.7 Å². The number of oxazole rings is 1. The van der Waals surface area contributed by atoms with Gasteiger partial charge in [-0.3, -0.25) is 0 Å². The van der Waals surface area contributed by atoms with Gasteiger partial charge in [0.25, 0.3) is 0 Å². The molecule has 2 aromatic rings. The molecule has 0 unspecified atom stereocenters. The Morgan fingerprint density at radius 2 is 2.20 bits per heavy atom. The van der Waals surface area contributed by atoms with Gasteiger partial charge in [-0.2, -0.15) is 0 Å². The average molecular weight is 339 g/mol. The minimum absolute atomic E-state index is 0.608. The monoisotopic (exact) mass is 338 g/mol. The van der Waals surface area contributed by atoms with E-state index in [2.05, 4.69) is 40.1 Å². The Labute approximate surface area is 127 Å². The van der Waals surface area contributed by atoms with Crippen molar-refractivity contribution in [2.24, 2.45) is 5.92 Å². The first-order chi connectivity index (χ1) is 9.60. The summed E-state index contributed by atoms with van der Waals surface area (Å²) in [5, 5.41) is 3.31. The molecular formula is C15H19BrN2O2. The van der Waals surface area contributed by atoms with Crippen LogP contribution < -0.4 is 10.1 Å². The lowest BCUT2D eigenvalue weighted by molar-refractivity contribution is 0.414. The summed E-state index contributed by atoms with van der Waals surface area (Å²) in [6.45, 7) is 5.92. The van der Waals surface area contributed by atoms with Gasteiger partial charge in [0.15, 0.2) is 5.76 Å². The Morgan fingerprint density at radius 3 is 2.90 bits per heavy atom. The quantitative estimate of drug-likeness (QED) is 0.868. The second-order valence-electron chi connectivity index (χ2n) is 4.99. The Kier molecular flexibility index (Phi) is 5.20. The van der Waals surface area contributed by atoms with Crippen LogP contribution in [-0.4, -0.2) is 18.6 Å². The molecule has 1 aromatic carbocycles. The van der Waals surface area contributed by atoms with Crippen LogP contribution in [0.2, 0.25) is 0 Å². The van der Waals surface area contributed by atoms with E-state index in [-0.39, 0.29) is 0 Å². The van der Waals surface area contributed by atoms with Gasteiger partial charge in [0.2, 0.25) is 5.89 Å². The van der Waals surface area contributed by atoms with Gasteiger partial charge in [-0.1, -0.05) is 29.8 Å². The highest BCUT2D eigenvalue weighted by Crippen LogP contribution is 2.32. The molecule has 20 heavy (non-hydrogen) atoms. The summed E-state index contributed by atoms with van der Waals surface area (Å²) in [5.74, 6) is 2.82. The van der Waals surface area contributed by atoms with Gasteiger partial charge in [0, 0.05) is 10.0 Å². The molecule has 0 atom stereocenters. The number of hydrogen-bond acceptors (Lipinski definition) is 4. The molecule has 0 amide bonds. The topological polar surface area (TPSA) is 47.3 Å². The molecule has 0 aliphatic heterocycles. The fraction of sp³-hybridized carbons (Fsp3) is 0.400. The van der Waals surface area contributed by atoms with Crippen molar-refractivity contribution in [3.63, 3.8) is 0 Å². The van der Waals surface area contributed by atoms with Crippen LogP contribution in [0.4, 0.5) is 0 Å². The zero-order chi connectivity index (χ0) is 14.5. The van der Waals surface area contributed by atoms with Crippen molar-refractivity contribution in [2.45, 2.75) is 20.4 Å². The molecule has 1 N–H and O–H groups in total. The summed E-state index contributed by atoms with van der Waals surface area (Å²) >= 11 is 3.52.